The van der Waals surface area contributed by atoms with Crippen LogP contribution in [-0.2, 0) is 0 Å². The average Bonchev–Trinajstić information content (AvgIpc) is 3.31. The zero-order valence-electron chi connectivity index (χ0n) is 12.6. The van der Waals surface area contributed by atoms with Crippen LogP contribution in [0.15, 0.2) is 61.2 Å². The van der Waals surface area contributed by atoms with Crippen molar-refractivity contribution in [3.05, 3.63) is 61.2 Å². The van der Waals surface area contributed by atoms with E-state index in [0.29, 0.717) is 5.82 Å². The molecule has 0 bridgehead atoms. The lowest BCUT2D eigenvalue weighted by Crippen LogP contribution is -2.31. The summed E-state index contributed by atoms with van der Waals surface area (Å²) < 4.78 is 1.82. The summed E-state index contributed by atoms with van der Waals surface area (Å²) in [5, 5.41) is 17.7. The average molecular weight is 318 g/mol. The van der Waals surface area contributed by atoms with E-state index < -0.39 is 6.35 Å². The highest BCUT2D eigenvalue weighted by atomic mass is 16.3. The molecule has 0 saturated heterocycles. The van der Waals surface area contributed by atoms with Gasteiger partial charge in [-0.05, 0) is 30.3 Å². The van der Waals surface area contributed by atoms with Crippen molar-refractivity contribution < 1.29 is 5.11 Å². The van der Waals surface area contributed by atoms with E-state index >= 15 is 0 Å². The molecule has 118 valence electrons. The quantitative estimate of drug-likeness (QED) is 0.529. The van der Waals surface area contributed by atoms with Crippen molar-refractivity contribution in [2.45, 2.75) is 6.35 Å². The summed E-state index contributed by atoms with van der Waals surface area (Å²) in [6.07, 6.45) is 6.51. The number of fused-ring (bicyclic) bond motifs is 2. The summed E-state index contributed by atoms with van der Waals surface area (Å²) in [5.41, 5.74) is 4.40. The number of aliphatic hydroxyl groups is 1. The van der Waals surface area contributed by atoms with Gasteiger partial charge in [-0.25, -0.2) is 9.50 Å². The zero-order chi connectivity index (χ0) is 16.1. The molecule has 0 amide bonds. The molecule has 7 heteroatoms. The van der Waals surface area contributed by atoms with E-state index in [2.05, 4.69) is 15.4 Å². The Balaban J connectivity index is 1.66. The lowest BCUT2D eigenvalue weighted by Gasteiger charge is -2.20. The molecule has 0 aromatic carbocycles. The summed E-state index contributed by atoms with van der Waals surface area (Å²) in [4.78, 5) is 9.52. The lowest BCUT2D eigenvalue weighted by molar-refractivity contribution is 0.216. The van der Waals surface area contributed by atoms with Gasteiger partial charge in [-0.3, -0.25) is 4.90 Å². The first-order valence-electron chi connectivity index (χ1n) is 7.62. The summed E-state index contributed by atoms with van der Waals surface area (Å²) in [6, 6.07) is 11.7. The van der Waals surface area contributed by atoms with Crippen molar-refractivity contribution in [3.8, 4) is 11.3 Å². The second-order valence-electron chi connectivity index (χ2n) is 5.61. The molecule has 0 unspecified atom stereocenters. The van der Waals surface area contributed by atoms with Crippen molar-refractivity contribution in [1.82, 2.24) is 19.6 Å². The molecule has 4 aromatic rings. The minimum Gasteiger partial charge on any atom is -0.366 e. The molecular weight excluding hydrogens is 304 g/mol. The Labute approximate surface area is 137 Å². The van der Waals surface area contributed by atoms with Gasteiger partial charge in [0.1, 0.15) is 0 Å². The second kappa shape index (κ2) is 4.84. The highest BCUT2D eigenvalue weighted by Crippen LogP contribution is 2.39. The van der Waals surface area contributed by atoms with E-state index in [9.17, 15) is 5.11 Å². The van der Waals surface area contributed by atoms with Crippen molar-refractivity contribution in [3.63, 3.8) is 0 Å². The minimum atomic E-state index is -0.845. The number of nitrogens with zero attached hydrogens (tertiary/aromatic N) is 4. The number of hydrogen-bond acceptors (Lipinski definition) is 5. The van der Waals surface area contributed by atoms with Gasteiger partial charge in [0.2, 0.25) is 6.35 Å². The van der Waals surface area contributed by atoms with E-state index in [4.69, 9.17) is 4.98 Å². The fraction of sp³-hybridized carbons (Fsp3) is 0.0588. The van der Waals surface area contributed by atoms with Gasteiger partial charge in [-0.1, -0.05) is 6.07 Å². The van der Waals surface area contributed by atoms with Crippen LogP contribution in [0.2, 0.25) is 0 Å². The van der Waals surface area contributed by atoms with Crippen LogP contribution < -0.4 is 10.2 Å². The van der Waals surface area contributed by atoms with Crippen LogP contribution in [0.4, 0.5) is 17.2 Å². The maximum absolute atomic E-state index is 10.3. The maximum Gasteiger partial charge on any atom is 0.211 e. The largest absolute Gasteiger partial charge is 0.366 e. The van der Waals surface area contributed by atoms with Crippen LogP contribution in [0, 0.1) is 0 Å². The van der Waals surface area contributed by atoms with Crippen LogP contribution in [-0.4, -0.2) is 31.0 Å². The van der Waals surface area contributed by atoms with E-state index in [-0.39, 0.29) is 0 Å². The zero-order valence-corrected chi connectivity index (χ0v) is 12.6. The van der Waals surface area contributed by atoms with E-state index in [1.807, 2.05) is 65.7 Å². The first kappa shape index (κ1) is 13.1. The van der Waals surface area contributed by atoms with Crippen LogP contribution in [0.3, 0.4) is 0 Å². The predicted octanol–water partition coefficient (Wildman–Crippen LogP) is 2.56. The molecule has 24 heavy (non-hydrogen) atoms. The van der Waals surface area contributed by atoms with Crippen LogP contribution >= 0.6 is 0 Å². The van der Waals surface area contributed by atoms with Gasteiger partial charge < -0.3 is 15.4 Å². The standard InChI is InChI=1S/C17H14N6O/c24-17-21-14-5-4-13(12-10-19-22-8-2-1-3-15(12)22)20-16(14)23(17)11-6-7-18-9-11/h1-10,17-18,21,24H/t17-/m1/s1. The van der Waals surface area contributed by atoms with E-state index in [1.165, 1.54) is 0 Å². The van der Waals surface area contributed by atoms with Crippen molar-refractivity contribution in [1.29, 1.82) is 0 Å². The molecule has 0 radical (unpaired) electrons. The predicted molar refractivity (Wildman–Crippen MR) is 91.0 cm³/mol. The Morgan fingerprint density at radius 2 is 2.08 bits per heavy atom. The molecule has 5 rings (SSSR count). The summed E-state index contributed by atoms with van der Waals surface area (Å²) >= 11 is 0. The molecule has 1 aliphatic heterocycles. The number of nitrogens with one attached hydrogen (secondary N) is 2. The highest BCUT2D eigenvalue weighted by Gasteiger charge is 2.30. The number of pyridine rings is 2. The minimum absolute atomic E-state index is 0.690. The molecule has 0 aliphatic carbocycles. The Morgan fingerprint density at radius 1 is 1.12 bits per heavy atom. The third-order valence-corrected chi connectivity index (χ3v) is 4.19. The third-order valence-electron chi connectivity index (χ3n) is 4.19. The number of anilines is 3. The number of aromatic nitrogens is 4. The molecule has 3 N–H and O–H groups in total. The normalized spacial score (nSPS) is 16.4. The van der Waals surface area contributed by atoms with E-state index in [1.54, 1.807) is 4.90 Å². The molecule has 0 spiro atoms. The summed E-state index contributed by atoms with van der Waals surface area (Å²) in [7, 11) is 0. The van der Waals surface area contributed by atoms with Crippen LogP contribution in [0.5, 0.6) is 0 Å². The van der Waals surface area contributed by atoms with Gasteiger partial charge in [-0.2, -0.15) is 5.10 Å². The molecule has 1 atom stereocenters. The van der Waals surface area contributed by atoms with Crippen LogP contribution in [0.1, 0.15) is 0 Å². The highest BCUT2D eigenvalue weighted by molar-refractivity contribution is 5.84. The summed E-state index contributed by atoms with van der Waals surface area (Å²) in [5.74, 6) is 0.690. The van der Waals surface area contributed by atoms with Gasteiger partial charge >= 0.3 is 0 Å². The molecule has 0 fully saturated rings. The number of aromatic amines is 1. The van der Waals surface area contributed by atoms with Gasteiger partial charge in [0.05, 0.1) is 28.8 Å². The van der Waals surface area contributed by atoms with Crippen molar-refractivity contribution >= 4 is 22.7 Å². The molecule has 1 aliphatic rings. The number of hydrogen-bond donors (Lipinski definition) is 3. The third kappa shape index (κ3) is 1.82. The van der Waals surface area contributed by atoms with E-state index in [0.717, 1.165) is 28.1 Å². The number of aliphatic hydroxyl groups excluding tert-OH is 1. The van der Waals surface area contributed by atoms with Gasteiger partial charge in [-0.15, -0.1) is 0 Å². The topological polar surface area (TPSA) is 81.5 Å². The van der Waals surface area contributed by atoms with Gasteiger partial charge in [0.25, 0.3) is 0 Å². The second-order valence-corrected chi connectivity index (χ2v) is 5.61. The lowest BCUT2D eigenvalue weighted by atomic mass is 10.1. The molecule has 7 nitrogen and oxygen atoms in total. The Hall–Kier alpha value is -3.32. The first-order chi connectivity index (χ1) is 11.8. The van der Waals surface area contributed by atoms with Gasteiger partial charge in [0, 0.05) is 24.2 Å². The fourth-order valence-corrected chi connectivity index (χ4v) is 3.07. The monoisotopic (exact) mass is 318 g/mol. The number of rotatable bonds is 2. The SMILES string of the molecule is O[C@@H]1Nc2ccc(-c3cnn4ccccc34)nc2N1c1cc[nH]c1. The molecular formula is C17H14N6O. The smallest absolute Gasteiger partial charge is 0.211 e. The first-order valence-corrected chi connectivity index (χ1v) is 7.62. The molecule has 4 aromatic heterocycles. The van der Waals surface area contributed by atoms with Crippen LogP contribution in [0.25, 0.3) is 16.8 Å². The fourth-order valence-electron chi connectivity index (χ4n) is 3.07. The van der Waals surface area contributed by atoms with Crippen molar-refractivity contribution in [2.24, 2.45) is 0 Å². The molecule has 0 saturated carbocycles. The Morgan fingerprint density at radius 3 is 2.96 bits per heavy atom. The Kier molecular flexibility index (Phi) is 2.65. The Bertz CT molecular complexity index is 1020. The van der Waals surface area contributed by atoms with Gasteiger partial charge in [0.15, 0.2) is 5.82 Å². The maximum atomic E-state index is 10.3. The summed E-state index contributed by atoms with van der Waals surface area (Å²) in [6.45, 7) is 0. The number of H-pyrrole nitrogens is 1. The van der Waals surface area contributed by atoms with Crippen molar-refractivity contribution in [2.75, 3.05) is 10.2 Å². The molecule has 5 heterocycles.